The summed E-state index contributed by atoms with van der Waals surface area (Å²) in [6, 6.07) is 9.59. The Morgan fingerprint density at radius 1 is 1.08 bits per heavy atom. The van der Waals surface area contributed by atoms with Crippen molar-refractivity contribution < 1.29 is 18.0 Å². The van der Waals surface area contributed by atoms with Crippen molar-refractivity contribution in [3.63, 3.8) is 0 Å². The monoisotopic (exact) mass is 343 g/mol. The molecular weight excluding hydrogens is 331 g/mol. The van der Waals surface area contributed by atoms with Gasteiger partial charge in [-0.25, -0.2) is 17.9 Å². The number of fused-ring (bicyclic) bond motifs is 1. The van der Waals surface area contributed by atoms with Crippen LogP contribution in [0.25, 0.3) is 5.69 Å². The molecule has 0 saturated carbocycles. The number of carbonyl (C=O) groups is 1. The van der Waals surface area contributed by atoms with E-state index in [1.54, 1.807) is 6.07 Å². The number of aromatic nitrogens is 2. The summed E-state index contributed by atoms with van der Waals surface area (Å²) in [6.07, 6.45) is 1.46. The average Bonchev–Trinajstić information content (AvgIpc) is 3.00. The van der Waals surface area contributed by atoms with Crippen molar-refractivity contribution in [2.45, 2.75) is 12.3 Å². The van der Waals surface area contributed by atoms with Crippen molar-refractivity contribution >= 4 is 11.7 Å². The van der Waals surface area contributed by atoms with Gasteiger partial charge in [0, 0.05) is 17.9 Å². The van der Waals surface area contributed by atoms with E-state index in [1.807, 2.05) is 0 Å². The van der Waals surface area contributed by atoms with Crippen LogP contribution in [0.4, 0.5) is 19.0 Å². The number of nitrogens with one attached hydrogen (secondary N) is 1. The van der Waals surface area contributed by atoms with Crippen LogP contribution in [0.15, 0.2) is 48.7 Å². The number of amides is 1. The molecule has 1 N–H and O–H groups in total. The van der Waals surface area contributed by atoms with Crippen LogP contribution in [-0.4, -0.2) is 15.7 Å². The Kier molecular flexibility index (Phi) is 3.56. The first-order chi connectivity index (χ1) is 12.0. The fourth-order valence-electron chi connectivity index (χ4n) is 3.09. The van der Waals surface area contributed by atoms with E-state index < -0.39 is 23.4 Å². The zero-order valence-electron chi connectivity index (χ0n) is 12.8. The first-order valence-electron chi connectivity index (χ1n) is 7.62. The maximum atomic E-state index is 14.2. The van der Waals surface area contributed by atoms with Gasteiger partial charge in [0.15, 0.2) is 11.6 Å². The summed E-state index contributed by atoms with van der Waals surface area (Å²) in [5.74, 6) is -3.08. The van der Waals surface area contributed by atoms with Gasteiger partial charge in [0.25, 0.3) is 0 Å². The normalized spacial score (nSPS) is 16.4. The van der Waals surface area contributed by atoms with Gasteiger partial charge in [-0.05, 0) is 29.8 Å². The lowest BCUT2D eigenvalue weighted by Crippen LogP contribution is -2.25. The van der Waals surface area contributed by atoms with E-state index in [2.05, 4.69) is 10.4 Å². The van der Waals surface area contributed by atoms with Gasteiger partial charge in [-0.15, -0.1) is 0 Å². The SMILES string of the molecule is O=C1CC(c2cccc(F)c2F)c2cnn(-c3cccc(F)c3)c2N1. The van der Waals surface area contributed by atoms with Gasteiger partial charge in [0.05, 0.1) is 11.9 Å². The summed E-state index contributed by atoms with van der Waals surface area (Å²) in [7, 11) is 0. The van der Waals surface area contributed by atoms with E-state index in [9.17, 15) is 18.0 Å². The van der Waals surface area contributed by atoms with Crippen LogP contribution in [0.3, 0.4) is 0 Å². The van der Waals surface area contributed by atoms with Gasteiger partial charge < -0.3 is 5.32 Å². The molecule has 1 unspecified atom stereocenters. The lowest BCUT2D eigenvalue weighted by atomic mass is 9.87. The molecule has 0 radical (unpaired) electrons. The smallest absolute Gasteiger partial charge is 0.226 e. The van der Waals surface area contributed by atoms with Crippen LogP contribution in [0, 0.1) is 17.5 Å². The zero-order chi connectivity index (χ0) is 17.6. The molecule has 0 bridgehead atoms. The third-order valence-electron chi connectivity index (χ3n) is 4.23. The Morgan fingerprint density at radius 3 is 2.68 bits per heavy atom. The highest BCUT2D eigenvalue weighted by atomic mass is 19.2. The molecule has 0 aliphatic carbocycles. The molecular formula is C18H12F3N3O. The molecule has 0 fully saturated rings. The maximum Gasteiger partial charge on any atom is 0.226 e. The molecule has 2 heterocycles. The van der Waals surface area contributed by atoms with Gasteiger partial charge in [-0.3, -0.25) is 4.79 Å². The first-order valence-corrected chi connectivity index (χ1v) is 7.62. The van der Waals surface area contributed by atoms with Crippen LogP contribution in [0.5, 0.6) is 0 Å². The number of benzene rings is 2. The quantitative estimate of drug-likeness (QED) is 0.770. The standard InChI is InChI=1S/C18H12F3N3O/c19-10-3-1-4-11(7-10)24-18-14(9-22-24)13(8-16(25)23-18)12-5-2-6-15(20)17(12)21/h1-7,9,13H,8H2,(H,23,25). The van der Waals surface area contributed by atoms with Crippen molar-refractivity contribution in [2.24, 2.45) is 0 Å². The molecule has 126 valence electrons. The molecule has 2 aromatic carbocycles. The number of hydrogen-bond acceptors (Lipinski definition) is 2. The van der Waals surface area contributed by atoms with Gasteiger partial charge in [0.2, 0.25) is 5.91 Å². The van der Waals surface area contributed by atoms with Crippen molar-refractivity contribution in [3.8, 4) is 5.69 Å². The van der Waals surface area contributed by atoms with Gasteiger partial charge in [-0.2, -0.15) is 5.10 Å². The second kappa shape index (κ2) is 5.77. The third-order valence-corrected chi connectivity index (χ3v) is 4.23. The largest absolute Gasteiger partial charge is 0.310 e. The van der Waals surface area contributed by atoms with Crippen LogP contribution in [0.1, 0.15) is 23.5 Å². The average molecular weight is 343 g/mol. The summed E-state index contributed by atoms with van der Waals surface area (Å²) in [5, 5.41) is 6.87. The minimum Gasteiger partial charge on any atom is -0.310 e. The van der Waals surface area contributed by atoms with Gasteiger partial charge in [-0.1, -0.05) is 18.2 Å². The van der Waals surface area contributed by atoms with Crippen molar-refractivity contribution in [3.05, 3.63) is 77.2 Å². The van der Waals surface area contributed by atoms with E-state index in [-0.39, 0.29) is 17.9 Å². The summed E-state index contributed by atoms with van der Waals surface area (Å²) >= 11 is 0. The number of hydrogen-bond donors (Lipinski definition) is 1. The molecule has 1 aliphatic rings. The minimum absolute atomic E-state index is 0.0256. The van der Waals surface area contributed by atoms with E-state index in [0.717, 1.165) is 6.07 Å². The molecule has 1 aliphatic heterocycles. The Bertz CT molecular complexity index is 983. The highest BCUT2D eigenvalue weighted by molar-refractivity contribution is 5.94. The number of carbonyl (C=O) groups excluding carboxylic acids is 1. The zero-order valence-corrected chi connectivity index (χ0v) is 12.8. The highest BCUT2D eigenvalue weighted by Gasteiger charge is 2.32. The molecule has 4 nitrogen and oxygen atoms in total. The summed E-state index contributed by atoms with van der Waals surface area (Å²) < 4.78 is 42.7. The van der Waals surface area contributed by atoms with Crippen LogP contribution < -0.4 is 5.32 Å². The number of anilines is 1. The molecule has 4 rings (SSSR count). The fraction of sp³-hybridized carbons (Fsp3) is 0.111. The Morgan fingerprint density at radius 2 is 1.88 bits per heavy atom. The lowest BCUT2D eigenvalue weighted by molar-refractivity contribution is -0.116. The van der Waals surface area contributed by atoms with E-state index in [0.29, 0.717) is 17.1 Å². The summed E-state index contributed by atoms with van der Waals surface area (Å²) in [6.45, 7) is 0. The topological polar surface area (TPSA) is 46.9 Å². The number of nitrogens with zero attached hydrogens (tertiary/aromatic N) is 2. The lowest BCUT2D eigenvalue weighted by Gasteiger charge is -2.24. The molecule has 25 heavy (non-hydrogen) atoms. The van der Waals surface area contributed by atoms with Crippen LogP contribution >= 0.6 is 0 Å². The summed E-state index contributed by atoms with van der Waals surface area (Å²) in [5.41, 5.74) is 1.06. The number of rotatable bonds is 2. The van der Waals surface area contributed by atoms with Crippen molar-refractivity contribution in [1.82, 2.24) is 9.78 Å². The predicted octanol–water partition coefficient (Wildman–Crippen LogP) is 3.76. The van der Waals surface area contributed by atoms with E-state index in [1.165, 1.54) is 41.2 Å². The van der Waals surface area contributed by atoms with E-state index >= 15 is 0 Å². The van der Waals surface area contributed by atoms with Gasteiger partial charge >= 0.3 is 0 Å². The second-order valence-electron chi connectivity index (χ2n) is 5.79. The second-order valence-corrected chi connectivity index (χ2v) is 5.79. The molecule has 1 aromatic heterocycles. The fourth-order valence-corrected chi connectivity index (χ4v) is 3.09. The molecule has 1 amide bonds. The number of halogens is 3. The Hall–Kier alpha value is -3.09. The maximum absolute atomic E-state index is 14.2. The molecule has 7 heteroatoms. The van der Waals surface area contributed by atoms with Crippen LogP contribution in [0.2, 0.25) is 0 Å². The van der Waals surface area contributed by atoms with Crippen molar-refractivity contribution in [2.75, 3.05) is 5.32 Å². The van der Waals surface area contributed by atoms with Crippen molar-refractivity contribution in [1.29, 1.82) is 0 Å². The van der Waals surface area contributed by atoms with Crippen LogP contribution in [-0.2, 0) is 4.79 Å². The molecule has 3 aromatic rings. The molecule has 0 spiro atoms. The Balaban J connectivity index is 1.86. The minimum atomic E-state index is -0.980. The van der Waals surface area contributed by atoms with Gasteiger partial charge in [0.1, 0.15) is 11.6 Å². The van der Waals surface area contributed by atoms with E-state index in [4.69, 9.17) is 0 Å². The Labute approximate surface area is 140 Å². The molecule has 0 saturated heterocycles. The first kappa shape index (κ1) is 15.4. The predicted molar refractivity (Wildman–Crippen MR) is 85.0 cm³/mol. The highest BCUT2D eigenvalue weighted by Crippen LogP contribution is 2.39. The molecule has 1 atom stereocenters. The third kappa shape index (κ3) is 2.57. The summed E-state index contributed by atoms with van der Waals surface area (Å²) in [4.78, 5) is 12.1.